The van der Waals surface area contributed by atoms with Crippen molar-refractivity contribution in [2.75, 3.05) is 19.0 Å². The summed E-state index contributed by atoms with van der Waals surface area (Å²) in [5.74, 6) is -0.135. The molecule has 0 fully saturated rings. The lowest BCUT2D eigenvalue weighted by Crippen LogP contribution is -2.14. The van der Waals surface area contributed by atoms with E-state index in [-0.39, 0.29) is 5.75 Å². The molecule has 0 unspecified atom stereocenters. The van der Waals surface area contributed by atoms with Crippen molar-refractivity contribution in [3.05, 3.63) is 10.6 Å². The summed E-state index contributed by atoms with van der Waals surface area (Å²) in [6.45, 7) is 1.78. The molecule has 0 bridgehead atoms. The molecule has 80 valence electrons. The summed E-state index contributed by atoms with van der Waals surface area (Å²) in [5, 5.41) is 5.75. The second kappa shape index (κ2) is 3.84. The average Bonchev–Trinajstić information content (AvgIpc) is 2.29. The molecule has 2 N–H and O–H groups in total. The van der Waals surface area contributed by atoms with E-state index in [1.165, 1.54) is 11.3 Å². The second-order valence-corrected chi connectivity index (χ2v) is 5.88. The molecule has 0 amide bonds. The minimum Gasteiger partial charge on any atom is -0.354 e. The van der Waals surface area contributed by atoms with Gasteiger partial charge in [0, 0.05) is 19.0 Å². The average molecular weight is 235 g/mol. The molecular weight excluding hydrogens is 222 g/mol. The van der Waals surface area contributed by atoms with Crippen LogP contribution in [0.25, 0.3) is 0 Å². The Balaban J connectivity index is 3.00. The maximum Gasteiger partial charge on any atom is 0.214 e. The van der Waals surface area contributed by atoms with Crippen LogP contribution in [0.2, 0.25) is 0 Å². The van der Waals surface area contributed by atoms with Gasteiger partial charge in [-0.2, -0.15) is 0 Å². The Hall–Kier alpha value is -0.660. The summed E-state index contributed by atoms with van der Waals surface area (Å²) in [4.78, 5) is 6.76. The largest absolute Gasteiger partial charge is 0.354 e. The highest BCUT2D eigenvalue weighted by atomic mass is 32.2. The van der Waals surface area contributed by atoms with E-state index in [1.807, 2.05) is 19.0 Å². The summed E-state index contributed by atoms with van der Waals surface area (Å²) in [6, 6.07) is 0. The van der Waals surface area contributed by atoms with Crippen LogP contribution in [0.5, 0.6) is 0 Å². The van der Waals surface area contributed by atoms with Gasteiger partial charge in [0.25, 0.3) is 0 Å². The van der Waals surface area contributed by atoms with Gasteiger partial charge in [0.15, 0.2) is 5.13 Å². The minimum atomic E-state index is -3.46. The molecule has 7 heteroatoms. The number of aromatic nitrogens is 1. The van der Waals surface area contributed by atoms with Crippen LogP contribution in [-0.4, -0.2) is 27.5 Å². The molecule has 1 aromatic rings. The van der Waals surface area contributed by atoms with Gasteiger partial charge in [-0.3, -0.25) is 0 Å². The molecule has 0 spiro atoms. The SMILES string of the molecule is Cc1nc(N(C)C)sc1CS(N)(=O)=O. The Morgan fingerprint density at radius 2 is 2.07 bits per heavy atom. The number of hydrogen-bond donors (Lipinski definition) is 1. The summed E-state index contributed by atoms with van der Waals surface area (Å²) in [5.41, 5.74) is 0.729. The van der Waals surface area contributed by atoms with Gasteiger partial charge in [0.2, 0.25) is 10.0 Å². The third-order valence-electron chi connectivity index (χ3n) is 1.60. The molecule has 1 aromatic heterocycles. The quantitative estimate of drug-likeness (QED) is 0.818. The zero-order valence-electron chi connectivity index (χ0n) is 8.31. The van der Waals surface area contributed by atoms with Crippen LogP contribution in [0.1, 0.15) is 10.6 Å². The number of aryl methyl sites for hydroxylation is 1. The first kappa shape index (κ1) is 11.4. The highest BCUT2D eigenvalue weighted by molar-refractivity contribution is 7.88. The monoisotopic (exact) mass is 235 g/mol. The standard InChI is InChI=1S/C7H13N3O2S2/c1-5-6(4-14(8,11)12)13-7(9-5)10(2)3/h4H2,1-3H3,(H2,8,11,12). The fourth-order valence-corrected chi connectivity index (χ4v) is 3.00. The number of thiazole rings is 1. The number of nitrogens with two attached hydrogens (primary N) is 1. The van der Waals surface area contributed by atoms with Crippen LogP contribution in [-0.2, 0) is 15.8 Å². The molecule has 0 aliphatic carbocycles. The number of primary sulfonamides is 1. The normalized spacial score (nSPS) is 11.7. The van der Waals surface area contributed by atoms with E-state index in [0.717, 1.165) is 10.8 Å². The van der Waals surface area contributed by atoms with Crippen molar-refractivity contribution in [1.82, 2.24) is 4.98 Å². The third kappa shape index (κ3) is 2.93. The fraction of sp³-hybridized carbons (Fsp3) is 0.571. The van der Waals surface area contributed by atoms with E-state index in [0.29, 0.717) is 4.88 Å². The smallest absolute Gasteiger partial charge is 0.214 e. The van der Waals surface area contributed by atoms with Crippen LogP contribution in [0.3, 0.4) is 0 Å². The molecule has 0 atom stereocenters. The Bertz CT molecular complexity index is 422. The van der Waals surface area contributed by atoms with Gasteiger partial charge >= 0.3 is 0 Å². The second-order valence-electron chi connectivity index (χ2n) is 3.21. The molecule has 0 aliphatic heterocycles. The molecule has 0 aromatic carbocycles. The first-order valence-electron chi connectivity index (χ1n) is 3.93. The number of hydrogen-bond acceptors (Lipinski definition) is 5. The van der Waals surface area contributed by atoms with E-state index in [4.69, 9.17) is 5.14 Å². The molecule has 1 rings (SSSR count). The van der Waals surface area contributed by atoms with Crippen molar-refractivity contribution in [1.29, 1.82) is 0 Å². The van der Waals surface area contributed by atoms with Crippen LogP contribution in [0.4, 0.5) is 5.13 Å². The predicted molar refractivity (Wildman–Crippen MR) is 58.0 cm³/mol. The first-order valence-corrected chi connectivity index (χ1v) is 6.47. The lowest BCUT2D eigenvalue weighted by molar-refractivity contribution is 0.597. The predicted octanol–water partition coefficient (Wildman–Crippen LogP) is 0.306. The lowest BCUT2D eigenvalue weighted by atomic mass is 10.4. The Labute approximate surface area is 87.6 Å². The van der Waals surface area contributed by atoms with Crippen LogP contribution in [0, 0.1) is 6.92 Å². The first-order chi connectivity index (χ1) is 6.29. The van der Waals surface area contributed by atoms with Crippen molar-refractivity contribution in [2.45, 2.75) is 12.7 Å². The number of anilines is 1. The molecule has 5 nitrogen and oxygen atoms in total. The molecule has 14 heavy (non-hydrogen) atoms. The lowest BCUT2D eigenvalue weighted by Gasteiger charge is -2.05. The zero-order valence-corrected chi connectivity index (χ0v) is 9.94. The number of sulfonamides is 1. The molecule has 0 radical (unpaired) electrons. The fourth-order valence-electron chi connectivity index (χ4n) is 0.921. The van der Waals surface area contributed by atoms with E-state index in [1.54, 1.807) is 6.92 Å². The summed E-state index contributed by atoms with van der Waals surface area (Å²) in [6.07, 6.45) is 0. The highest BCUT2D eigenvalue weighted by Crippen LogP contribution is 2.25. The van der Waals surface area contributed by atoms with Crippen LogP contribution >= 0.6 is 11.3 Å². The van der Waals surface area contributed by atoms with Crippen molar-refractivity contribution in [3.63, 3.8) is 0 Å². The number of nitrogens with zero attached hydrogens (tertiary/aromatic N) is 2. The van der Waals surface area contributed by atoms with E-state index in [2.05, 4.69) is 4.98 Å². The molecule has 0 aliphatic rings. The Morgan fingerprint density at radius 3 is 2.43 bits per heavy atom. The Kier molecular flexibility index (Phi) is 3.13. The molecule has 0 saturated carbocycles. The summed E-state index contributed by atoms with van der Waals surface area (Å²) < 4.78 is 21.8. The topological polar surface area (TPSA) is 76.3 Å². The molecule has 0 saturated heterocycles. The van der Waals surface area contributed by atoms with Crippen LogP contribution < -0.4 is 10.0 Å². The van der Waals surface area contributed by atoms with E-state index < -0.39 is 10.0 Å². The molecule has 1 heterocycles. The van der Waals surface area contributed by atoms with Crippen molar-refractivity contribution >= 4 is 26.5 Å². The summed E-state index contributed by atoms with van der Waals surface area (Å²) >= 11 is 1.35. The van der Waals surface area contributed by atoms with E-state index in [9.17, 15) is 8.42 Å². The van der Waals surface area contributed by atoms with Gasteiger partial charge in [0.1, 0.15) is 5.75 Å². The van der Waals surface area contributed by atoms with Crippen molar-refractivity contribution in [2.24, 2.45) is 5.14 Å². The Morgan fingerprint density at radius 1 is 1.50 bits per heavy atom. The van der Waals surface area contributed by atoms with Crippen LogP contribution in [0.15, 0.2) is 0 Å². The van der Waals surface area contributed by atoms with Gasteiger partial charge in [-0.1, -0.05) is 0 Å². The van der Waals surface area contributed by atoms with Gasteiger partial charge < -0.3 is 4.90 Å². The zero-order chi connectivity index (χ0) is 10.9. The van der Waals surface area contributed by atoms with Crippen molar-refractivity contribution in [3.8, 4) is 0 Å². The third-order valence-corrected chi connectivity index (χ3v) is 3.80. The van der Waals surface area contributed by atoms with Gasteiger partial charge in [-0.25, -0.2) is 18.5 Å². The van der Waals surface area contributed by atoms with Crippen molar-refractivity contribution < 1.29 is 8.42 Å². The highest BCUT2D eigenvalue weighted by Gasteiger charge is 2.13. The van der Waals surface area contributed by atoms with Gasteiger partial charge in [-0.15, -0.1) is 11.3 Å². The minimum absolute atomic E-state index is 0.135. The maximum atomic E-state index is 10.9. The number of rotatable bonds is 3. The van der Waals surface area contributed by atoms with E-state index >= 15 is 0 Å². The van der Waals surface area contributed by atoms with Gasteiger partial charge in [0.05, 0.1) is 5.69 Å². The summed E-state index contributed by atoms with van der Waals surface area (Å²) in [7, 11) is 0.260. The molecular formula is C7H13N3O2S2. The maximum absolute atomic E-state index is 10.9. The van der Waals surface area contributed by atoms with Gasteiger partial charge in [-0.05, 0) is 6.92 Å².